The molecule has 2 atom stereocenters. The number of fused-ring (bicyclic) bond motifs is 4. The zero-order valence-corrected chi connectivity index (χ0v) is 36.9. The van der Waals surface area contributed by atoms with Crippen LogP contribution in [0.1, 0.15) is 96.9 Å². The molecule has 2 aromatic heterocycles. The summed E-state index contributed by atoms with van der Waals surface area (Å²) < 4.78 is 12.4. The fourth-order valence-electron chi connectivity index (χ4n) is 8.37. The first kappa shape index (κ1) is 38.6. The molecule has 1 fully saturated rings. The Hall–Kier alpha value is -4.25. The summed E-state index contributed by atoms with van der Waals surface area (Å²) in [5.74, 6) is 3.30. The first-order valence-electron chi connectivity index (χ1n) is 20.0. The van der Waals surface area contributed by atoms with Gasteiger partial charge in [-0.25, -0.2) is 0 Å². The van der Waals surface area contributed by atoms with Gasteiger partial charge in [0.05, 0.1) is 0 Å². The number of hydrogen-bond donors (Lipinski definition) is 0. The van der Waals surface area contributed by atoms with Gasteiger partial charge in [-0.15, -0.1) is 0 Å². The quantitative estimate of drug-likeness (QED) is 0.162. The number of para-hydroxylation sites is 2. The van der Waals surface area contributed by atoms with Crippen molar-refractivity contribution in [3.8, 4) is 22.9 Å². The standard InChI is InChI=1S/C49H55N5O.Pt/c1-47(2,3)34-20-22-50-46(27-34)52-31-33-30-51(10)23-21-41(33)42-19-18-40(29-45(42)52)55-39-15-13-14-37(28-39)53-32-54(44-17-12-11-16-43(44)53)38-25-35(48(4,5)6)24-36(26-38)49(7,8)9;/h11-20,22,24-27,33,41H,21,23,30-31H2,1-10H3;/q-2;. The first-order valence-corrected chi connectivity index (χ1v) is 21.1. The molecule has 294 valence electrons. The van der Waals surface area contributed by atoms with Crippen molar-refractivity contribution in [1.29, 1.82) is 0 Å². The molecule has 2 aliphatic heterocycles. The average molecular weight is 925 g/mol. The van der Waals surface area contributed by atoms with Gasteiger partial charge in [-0.05, 0) is 30.6 Å². The van der Waals surface area contributed by atoms with Gasteiger partial charge in [-0.2, -0.15) is 0 Å². The van der Waals surface area contributed by atoms with Crippen molar-refractivity contribution in [3.63, 3.8) is 0 Å². The topological polar surface area (TPSA) is 38.5 Å². The predicted molar refractivity (Wildman–Crippen MR) is 226 cm³/mol. The fourth-order valence-corrected chi connectivity index (χ4v) is 9.48. The molecule has 2 unspecified atom stereocenters. The molecular formula is C49H55N5OPt-2. The molecule has 1 saturated heterocycles. The Balaban J connectivity index is 1.19. The molecular weight excluding hydrogens is 870 g/mol. The number of nitrogens with zero attached hydrogens (tertiary/aromatic N) is 5. The summed E-state index contributed by atoms with van der Waals surface area (Å²) in [7, 11) is 2.24. The molecule has 56 heavy (non-hydrogen) atoms. The summed E-state index contributed by atoms with van der Waals surface area (Å²) in [6, 6.07) is 38.1. The van der Waals surface area contributed by atoms with Crippen LogP contribution in [-0.4, -0.2) is 45.7 Å². The van der Waals surface area contributed by atoms with E-state index in [9.17, 15) is 0 Å². The number of aromatic nitrogens is 3. The number of rotatable bonds is 5. The van der Waals surface area contributed by atoms with Crippen LogP contribution >= 0.6 is 0 Å². The van der Waals surface area contributed by atoms with Gasteiger partial charge in [0.15, 0.2) is 0 Å². The van der Waals surface area contributed by atoms with Crippen LogP contribution in [0, 0.1) is 21.9 Å². The van der Waals surface area contributed by atoms with Crippen LogP contribution < -0.4 is 9.64 Å². The van der Waals surface area contributed by atoms with E-state index in [0.29, 0.717) is 23.3 Å². The minimum Gasteiger partial charge on any atom is 0.00197 e. The molecule has 0 bridgehead atoms. The Morgan fingerprint density at radius 3 is 2.04 bits per heavy atom. The summed E-state index contributed by atoms with van der Waals surface area (Å²) in [5.41, 5.74) is 10.7. The summed E-state index contributed by atoms with van der Waals surface area (Å²) in [6.45, 7) is 23.6. The summed E-state index contributed by atoms with van der Waals surface area (Å²) in [6.07, 6.45) is 3.10. The van der Waals surface area contributed by atoms with Gasteiger partial charge in [-0.1, -0.05) is 20.8 Å². The third-order valence-corrected chi connectivity index (χ3v) is 12.7. The number of likely N-dealkylation sites (tertiary alicyclic amines) is 1. The number of benzene rings is 4. The fraction of sp³-hybridized carbons (Fsp3) is 0.388. The molecule has 4 aromatic carbocycles. The second-order valence-corrected chi connectivity index (χ2v) is 20.0. The summed E-state index contributed by atoms with van der Waals surface area (Å²) in [4.78, 5) is 9.77. The number of hydrogen-bond acceptors (Lipinski definition) is 4. The van der Waals surface area contributed by atoms with Crippen molar-refractivity contribution in [2.24, 2.45) is 5.92 Å². The van der Waals surface area contributed by atoms with E-state index >= 15 is 0 Å². The molecule has 0 N–H and O–H groups in total. The van der Waals surface area contributed by atoms with E-state index in [4.69, 9.17) is 9.72 Å². The van der Waals surface area contributed by atoms with Crippen LogP contribution in [0.2, 0.25) is 0 Å². The summed E-state index contributed by atoms with van der Waals surface area (Å²) in [5, 5.41) is 0. The molecule has 0 aliphatic carbocycles. The van der Waals surface area contributed by atoms with Crippen LogP contribution in [0.4, 0.5) is 11.5 Å². The van der Waals surface area contributed by atoms with Crippen LogP contribution in [0.25, 0.3) is 22.4 Å². The molecule has 0 amide bonds. The van der Waals surface area contributed by atoms with Gasteiger partial charge in [0, 0.05) is 12.7 Å². The second-order valence-electron chi connectivity index (χ2n) is 19.0. The van der Waals surface area contributed by atoms with Gasteiger partial charge in [0.1, 0.15) is 0 Å². The minimum atomic E-state index is 0.00649. The predicted octanol–water partition coefficient (Wildman–Crippen LogP) is 11.4. The molecule has 7 heteroatoms. The van der Waals surface area contributed by atoms with Crippen LogP contribution in [0.3, 0.4) is 0 Å². The monoisotopic (exact) mass is 924 g/mol. The molecule has 6 aromatic rings. The van der Waals surface area contributed by atoms with E-state index in [-0.39, 0.29) is 16.2 Å². The maximum atomic E-state index is 6.68. The average Bonchev–Trinajstić information content (AvgIpc) is 3.44. The maximum absolute atomic E-state index is 6.68. The molecule has 4 heterocycles. The smallest absolute Gasteiger partial charge is 0.00197 e. The zero-order chi connectivity index (χ0) is 39.7. The van der Waals surface area contributed by atoms with Gasteiger partial charge in [-0.3, -0.25) is 0 Å². The number of ether oxygens (including phenoxy) is 1. The Kier molecular flexibility index (Phi) is 9.85. The molecule has 0 spiro atoms. The third-order valence-electron chi connectivity index (χ3n) is 11.7. The Labute approximate surface area is 344 Å². The van der Waals surface area contributed by atoms with E-state index in [1.54, 1.807) is 0 Å². The van der Waals surface area contributed by atoms with Gasteiger partial charge in [0.25, 0.3) is 0 Å². The zero-order valence-electron chi connectivity index (χ0n) is 34.6. The van der Waals surface area contributed by atoms with Gasteiger partial charge in [0.2, 0.25) is 0 Å². The van der Waals surface area contributed by atoms with E-state index in [2.05, 4.69) is 199 Å². The summed E-state index contributed by atoms with van der Waals surface area (Å²) >= 11 is 2.48. The van der Waals surface area contributed by atoms with E-state index in [0.717, 1.165) is 63.8 Å². The third kappa shape index (κ3) is 7.36. The van der Waals surface area contributed by atoms with E-state index in [1.807, 2.05) is 12.3 Å². The second kappa shape index (κ2) is 14.3. The molecule has 6 nitrogen and oxygen atoms in total. The number of anilines is 2. The normalized spacial score (nSPS) is 17.9. The molecule has 0 saturated carbocycles. The van der Waals surface area contributed by atoms with Crippen molar-refractivity contribution in [2.45, 2.75) is 90.9 Å². The molecule has 2 aliphatic rings. The SMILES string of the molecule is CN1CCC2c3ccc(Oc4[c-]c(-n5[c](=[Pt])n(-c6cc(C(C)(C)C)cc(C(C)(C)C)c6)c6ccccc65)ccc4)[c-]c3N(c3cc(C(C)(C)C)ccn3)CC2C1. The van der Waals surface area contributed by atoms with E-state index in [1.165, 1.54) is 22.3 Å². The van der Waals surface area contributed by atoms with E-state index < -0.39 is 0 Å². The van der Waals surface area contributed by atoms with Gasteiger partial charge >= 0.3 is 277 Å². The van der Waals surface area contributed by atoms with Crippen molar-refractivity contribution in [2.75, 3.05) is 31.6 Å². The Morgan fingerprint density at radius 2 is 1.36 bits per heavy atom. The number of imidazole rings is 1. The van der Waals surface area contributed by atoms with Crippen LogP contribution in [0.5, 0.6) is 11.5 Å². The Bertz CT molecular complexity index is 2460. The number of pyridine rings is 1. The Morgan fingerprint density at radius 1 is 0.696 bits per heavy atom. The van der Waals surface area contributed by atoms with Gasteiger partial charge < -0.3 is 4.90 Å². The minimum absolute atomic E-state index is 0.00649. The molecule has 0 radical (unpaired) electrons. The van der Waals surface area contributed by atoms with Crippen LogP contribution in [0.15, 0.2) is 91.1 Å². The van der Waals surface area contributed by atoms with Crippen molar-refractivity contribution in [1.82, 2.24) is 19.0 Å². The van der Waals surface area contributed by atoms with Crippen molar-refractivity contribution in [3.05, 3.63) is 129 Å². The van der Waals surface area contributed by atoms with Crippen molar-refractivity contribution >= 4 is 22.5 Å². The van der Waals surface area contributed by atoms with Crippen LogP contribution in [-0.2, 0) is 35.6 Å². The van der Waals surface area contributed by atoms with Crippen molar-refractivity contribution < 1.29 is 24.1 Å². The first-order chi connectivity index (χ1) is 26.5. The number of piperidine rings is 1. The molecule has 8 rings (SSSR count).